The van der Waals surface area contributed by atoms with Crippen LogP contribution in [0.3, 0.4) is 0 Å². The van der Waals surface area contributed by atoms with E-state index in [4.69, 9.17) is 43.4 Å². The van der Waals surface area contributed by atoms with Crippen LogP contribution in [0.4, 0.5) is 0 Å². The number of rotatable bonds is 31. The lowest BCUT2D eigenvalue weighted by Gasteiger charge is -2.34. The number of methoxy groups -OCH3 is 1. The fourth-order valence-electron chi connectivity index (χ4n) is 10.9. The molecule has 0 aliphatic heterocycles. The Balaban J connectivity index is 0.802. The van der Waals surface area contributed by atoms with Crippen LogP contribution in [0.2, 0.25) is 0 Å². The monoisotopic (exact) mass is 903 g/mol. The highest BCUT2D eigenvalue weighted by Gasteiger charge is 2.36. The summed E-state index contributed by atoms with van der Waals surface area (Å²) < 4.78 is 42.4. The first-order valence-corrected chi connectivity index (χ1v) is 27.0. The van der Waals surface area contributed by atoms with Crippen LogP contribution in [-0.2, 0) is 42.7 Å². The molecular formula is C53H94N2O9. The fraction of sp³-hybridized carbons (Fsp3) is 0.962. The first-order chi connectivity index (χ1) is 31.3. The van der Waals surface area contributed by atoms with E-state index >= 15 is 0 Å². The number of carbonyl (C=O) groups excluding carboxylic acids is 2. The largest absolute Gasteiger partial charge is 0.465 e. The van der Waals surface area contributed by atoms with Gasteiger partial charge in [0.05, 0.1) is 61.2 Å². The predicted octanol–water partition coefficient (Wildman–Crippen LogP) is 12.3. The highest BCUT2D eigenvalue weighted by Crippen LogP contribution is 2.34. The van der Waals surface area contributed by atoms with E-state index in [9.17, 15) is 9.59 Å². The van der Waals surface area contributed by atoms with Crippen molar-refractivity contribution in [2.24, 2.45) is 28.0 Å². The minimum absolute atomic E-state index is 0.0608. The summed E-state index contributed by atoms with van der Waals surface area (Å²) in [7, 11) is 1.77. The number of ketones is 1. The maximum absolute atomic E-state index is 13.1. The molecule has 5 aliphatic carbocycles. The molecule has 0 aromatic heterocycles. The molecule has 3 atom stereocenters. The summed E-state index contributed by atoms with van der Waals surface area (Å²) in [5, 5.41) is 9.44. The third-order valence-electron chi connectivity index (χ3n) is 15.2. The van der Waals surface area contributed by atoms with Gasteiger partial charge < -0.3 is 33.2 Å². The molecule has 11 nitrogen and oxygen atoms in total. The summed E-state index contributed by atoms with van der Waals surface area (Å²) in [5.74, 6) is 0.457. The Kier molecular flexibility index (Phi) is 27.0. The molecule has 5 fully saturated rings. The normalized spacial score (nSPS) is 31.6. The number of azo groups is 1. The zero-order valence-electron chi connectivity index (χ0n) is 41.1. The highest BCUT2D eigenvalue weighted by atomic mass is 16.5. The van der Waals surface area contributed by atoms with Crippen molar-refractivity contribution in [3.63, 3.8) is 0 Å². The highest BCUT2D eigenvalue weighted by molar-refractivity contribution is 5.80. The second-order valence-corrected chi connectivity index (χ2v) is 20.7. The molecule has 0 heterocycles. The standard InChI is InChI=1S/C53H94N2O9/c1-41-16-18-45(19-17-41)54-55-46-20-22-47(23-21-46)59-33-12-6-7-14-36-62-52-39-43(42(2)56)38-44(40-52)53(57)63-37-15-9-8-13-35-61-49-26-30-51(31-27-49)64-50-28-24-48(25-29-50)60-34-11-5-4-10-32-58-3/h41,43-52H,4-40H2,1-3H3. The van der Waals surface area contributed by atoms with E-state index in [0.717, 1.165) is 174 Å². The van der Waals surface area contributed by atoms with Gasteiger partial charge in [0.25, 0.3) is 0 Å². The third kappa shape index (κ3) is 22.1. The Hall–Kier alpha value is -1.50. The number of hydrogen-bond donors (Lipinski definition) is 0. The summed E-state index contributed by atoms with van der Waals surface area (Å²) in [5.41, 5.74) is 0. The van der Waals surface area contributed by atoms with Crippen LogP contribution in [0.5, 0.6) is 0 Å². The van der Waals surface area contributed by atoms with E-state index in [-0.39, 0.29) is 29.7 Å². The van der Waals surface area contributed by atoms with Gasteiger partial charge >= 0.3 is 5.97 Å². The van der Waals surface area contributed by atoms with Crippen LogP contribution in [0.25, 0.3) is 0 Å². The molecule has 0 saturated heterocycles. The van der Waals surface area contributed by atoms with Gasteiger partial charge in [-0.1, -0.05) is 39.0 Å². The lowest BCUT2D eigenvalue weighted by atomic mass is 9.78. The van der Waals surface area contributed by atoms with Gasteiger partial charge in [0.1, 0.15) is 5.78 Å². The maximum atomic E-state index is 13.1. The van der Waals surface area contributed by atoms with Crippen molar-refractivity contribution in [3.05, 3.63) is 0 Å². The Morgan fingerprint density at radius 3 is 1.25 bits per heavy atom. The number of Topliss-reactive ketones (excluding diaryl/α,β-unsaturated/α-hetero) is 1. The number of hydrogen-bond acceptors (Lipinski definition) is 11. The summed E-state index contributed by atoms with van der Waals surface area (Å²) in [6.07, 6.45) is 35.1. The number of ether oxygens (including phenoxy) is 7. The van der Waals surface area contributed by atoms with Crippen LogP contribution in [0.1, 0.15) is 213 Å². The van der Waals surface area contributed by atoms with Crippen molar-refractivity contribution in [2.75, 3.05) is 46.8 Å². The van der Waals surface area contributed by atoms with Gasteiger partial charge in [-0.3, -0.25) is 9.59 Å². The Bertz CT molecular complexity index is 1240. The smallest absolute Gasteiger partial charge is 0.309 e. The quantitative estimate of drug-likeness (QED) is 0.0380. The molecule has 5 aliphatic rings. The molecule has 0 bridgehead atoms. The van der Waals surface area contributed by atoms with Crippen LogP contribution in [0, 0.1) is 17.8 Å². The van der Waals surface area contributed by atoms with Crippen molar-refractivity contribution >= 4 is 11.8 Å². The van der Waals surface area contributed by atoms with Gasteiger partial charge in [0.2, 0.25) is 0 Å². The zero-order valence-corrected chi connectivity index (χ0v) is 41.1. The van der Waals surface area contributed by atoms with Gasteiger partial charge in [0.15, 0.2) is 0 Å². The van der Waals surface area contributed by atoms with E-state index in [2.05, 4.69) is 6.92 Å². The summed E-state index contributed by atoms with van der Waals surface area (Å²) in [4.78, 5) is 25.5. The average molecular weight is 903 g/mol. The van der Waals surface area contributed by atoms with E-state index in [1.54, 1.807) is 14.0 Å². The second-order valence-electron chi connectivity index (χ2n) is 20.7. The molecule has 5 rings (SSSR count). The first kappa shape index (κ1) is 53.5. The topological polar surface area (TPSA) is 123 Å². The van der Waals surface area contributed by atoms with Gasteiger partial charge in [-0.25, -0.2) is 0 Å². The second kappa shape index (κ2) is 32.3. The van der Waals surface area contributed by atoms with Gasteiger partial charge in [-0.05, 0) is 180 Å². The zero-order chi connectivity index (χ0) is 45.0. The molecule has 370 valence electrons. The van der Waals surface area contributed by atoms with Crippen LogP contribution in [0.15, 0.2) is 10.2 Å². The minimum atomic E-state index is -0.260. The van der Waals surface area contributed by atoms with Crippen molar-refractivity contribution in [2.45, 2.75) is 262 Å². The van der Waals surface area contributed by atoms with Crippen molar-refractivity contribution in [1.82, 2.24) is 0 Å². The summed E-state index contributed by atoms with van der Waals surface area (Å²) >= 11 is 0. The number of carbonyl (C=O) groups is 2. The van der Waals surface area contributed by atoms with E-state index in [1.165, 1.54) is 38.5 Å². The molecule has 0 N–H and O–H groups in total. The molecule has 0 radical (unpaired) electrons. The molecule has 0 aromatic carbocycles. The summed E-state index contributed by atoms with van der Waals surface area (Å²) in [6.45, 7) is 8.49. The SMILES string of the molecule is COCCCCCCOC1CCC(OC2CCC(OCCCCCCOC(=O)C3CC(OCCCCCCOC4CCC(N=NC5CCC(C)CC5)CC4)CC(C(C)=O)C3)CC2)CC1. The lowest BCUT2D eigenvalue weighted by molar-refractivity contribution is -0.153. The van der Waals surface area contributed by atoms with E-state index in [1.807, 2.05) is 0 Å². The van der Waals surface area contributed by atoms with E-state index < -0.39 is 0 Å². The predicted molar refractivity (Wildman–Crippen MR) is 253 cm³/mol. The molecule has 0 amide bonds. The minimum Gasteiger partial charge on any atom is -0.465 e. The lowest BCUT2D eigenvalue weighted by Crippen LogP contribution is -2.36. The van der Waals surface area contributed by atoms with Crippen molar-refractivity contribution in [1.29, 1.82) is 0 Å². The van der Waals surface area contributed by atoms with Gasteiger partial charge in [0, 0.05) is 46.1 Å². The average Bonchev–Trinajstić information content (AvgIpc) is 3.31. The first-order valence-electron chi connectivity index (χ1n) is 27.0. The number of nitrogens with zero attached hydrogens (tertiary/aromatic N) is 2. The Morgan fingerprint density at radius 2 is 0.797 bits per heavy atom. The molecule has 5 saturated carbocycles. The van der Waals surface area contributed by atoms with Crippen LogP contribution in [-0.4, -0.2) is 107 Å². The Labute approximate surface area is 389 Å². The van der Waals surface area contributed by atoms with Crippen molar-refractivity contribution < 1.29 is 42.7 Å². The van der Waals surface area contributed by atoms with Crippen LogP contribution < -0.4 is 0 Å². The van der Waals surface area contributed by atoms with Crippen LogP contribution >= 0.6 is 0 Å². The maximum Gasteiger partial charge on any atom is 0.309 e. The molecule has 0 aromatic rings. The Morgan fingerprint density at radius 1 is 0.422 bits per heavy atom. The van der Waals surface area contributed by atoms with Gasteiger partial charge in [-0.15, -0.1) is 0 Å². The molecule has 64 heavy (non-hydrogen) atoms. The number of unbranched alkanes of at least 4 members (excludes halogenated alkanes) is 9. The van der Waals surface area contributed by atoms with Crippen molar-refractivity contribution in [3.8, 4) is 0 Å². The fourth-order valence-corrected chi connectivity index (χ4v) is 10.9. The molecule has 3 unspecified atom stereocenters. The third-order valence-corrected chi connectivity index (χ3v) is 15.2. The molecule has 11 heteroatoms. The summed E-state index contributed by atoms with van der Waals surface area (Å²) in [6, 6.07) is 0.852. The molecular weight excluding hydrogens is 809 g/mol. The molecule has 0 spiro atoms. The van der Waals surface area contributed by atoms with Gasteiger partial charge in [-0.2, -0.15) is 10.2 Å². The number of esters is 1. The van der Waals surface area contributed by atoms with E-state index in [0.29, 0.717) is 75.1 Å².